The molecule has 1 amide bonds. The number of thioether (sulfide) groups is 1. The third-order valence-corrected chi connectivity index (χ3v) is 4.22. The first-order chi connectivity index (χ1) is 9.54. The Morgan fingerprint density at radius 1 is 1.35 bits per heavy atom. The number of anilines is 1. The van der Waals surface area contributed by atoms with Crippen molar-refractivity contribution in [2.45, 2.75) is 17.6 Å². The number of hydrogen-bond acceptors (Lipinski definition) is 5. The summed E-state index contributed by atoms with van der Waals surface area (Å²) in [6, 6.07) is 7.46. The maximum absolute atomic E-state index is 10.9. The van der Waals surface area contributed by atoms with E-state index in [1.165, 1.54) is 6.92 Å². The minimum atomic E-state index is -0.995. The Morgan fingerprint density at radius 2 is 2.05 bits per heavy atom. The highest BCUT2D eigenvalue weighted by molar-refractivity contribution is 7.98. The molecule has 104 valence electrons. The summed E-state index contributed by atoms with van der Waals surface area (Å²) in [7, 11) is 0. The van der Waals surface area contributed by atoms with Crippen LogP contribution < -0.4 is 5.32 Å². The SMILES string of the molecule is CC(=O)Nc1ccc(SCc2csc(C(=O)O)n2)cc1. The van der Waals surface area contributed by atoms with E-state index in [0.29, 0.717) is 5.75 Å². The third-order valence-electron chi connectivity index (χ3n) is 2.30. The summed E-state index contributed by atoms with van der Waals surface area (Å²) in [4.78, 5) is 26.7. The third kappa shape index (κ3) is 4.07. The zero-order chi connectivity index (χ0) is 14.5. The molecule has 2 aromatic rings. The molecule has 2 rings (SSSR count). The van der Waals surface area contributed by atoms with Crippen LogP contribution in [0, 0.1) is 0 Å². The molecule has 20 heavy (non-hydrogen) atoms. The van der Waals surface area contributed by atoms with E-state index >= 15 is 0 Å². The minimum absolute atomic E-state index is 0.103. The smallest absolute Gasteiger partial charge is 0.365 e. The molecule has 0 atom stereocenters. The molecular weight excluding hydrogens is 296 g/mol. The summed E-state index contributed by atoms with van der Waals surface area (Å²) < 4.78 is 0. The van der Waals surface area contributed by atoms with Gasteiger partial charge in [-0.05, 0) is 24.3 Å². The molecule has 7 heteroatoms. The first-order valence-corrected chi connectivity index (χ1v) is 7.59. The summed E-state index contributed by atoms with van der Waals surface area (Å²) >= 11 is 2.70. The molecule has 0 spiro atoms. The summed E-state index contributed by atoms with van der Waals surface area (Å²) in [6.07, 6.45) is 0. The van der Waals surface area contributed by atoms with Crippen LogP contribution in [0.1, 0.15) is 22.4 Å². The Morgan fingerprint density at radius 3 is 2.60 bits per heavy atom. The number of rotatable bonds is 5. The van der Waals surface area contributed by atoms with Crippen LogP contribution in [0.25, 0.3) is 0 Å². The fourth-order valence-corrected chi connectivity index (χ4v) is 3.02. The van der Waals surface area contributed by atoms with E-state index in [4.69, 9.17) is 5.11 Å². The number of nitrogens with one attached hydrogen (secondary N) is 1. The van der Waals surface area contributed by atoms with Crippen molar-refractivity contribution in [2.24, 2.45) is 0 Å². The predicted molar refractivity (Wildman–Crippen MR) is 79.4 cm³/mol. The van der Waals surface area contributed by atoms with Gasteiger partial charge in [-0.2, -0.15) is 0 Å². The Bertz CT molecular complexity index is 623. The molecular formula is C13H12N2O3S2. The van der Waals surface area contributed by atoms with Crippen LogP contribution in [0.3, 0.4) is 0 Å². The lowest BCUT2D eigenvalue weighted by atomic mass is 10.3. The zero-order valence-electron chi connectivity index (χ0n) is 10.6. The molecule has 5 nitrogen and oxygen atoms in total. The number of thiazole rings is 1. The van der Waals surface area contributed by atoms with Crippen LogP contribution >= 0.6 is 23.1 Å². The second-order valence-electron chi connectivity index (χ2n) is 3.94. The van der Waals surface area contributed by atoms with Gasteiger partial charge in [-0.3, -0.25) is 4.79 Å². The highest BCUT2D eigenvalue weighted by atomic mass is 32.2. The van der Waals surface area contributed by atoms with Gasteiger partial charge in [-0.15, -0.1) is 23.1 Å². The summed E-state index contributed by atoms with van der Waals surface area (Å²) in [6.45, 7) is 1.46. The molecule has 0 unspecified atom stereocenters. The molecule has 0 bridgehead atoms. The van der Waals surface area contributed by atoms with E-state index in [2.05, 4.69) is 10.3 Å². The maximum Gasteiger partial charge on any atom is 0.365 e. The van der Waals surface area contributed by atoms with Crippen LogP contribution in [0.2, 0.25) is 0 Å². The van der Waals surface area contributed by atoms with Gasteiger partial charge in [-0.25, -0.2) is 9.78 Å². The number of benzene rings is 1. The Kier molecular flexibility index (Phi) is 4.75. The van der Waals surface area contributed by atoms with Crippen molar-refractivity contribution in [3.63, 3.8) is 0 Å². The normalized spacial score (nSPS) is 10.2. The van der Waals surface area contributed by atoms with Crippen LogP contribution in [-0.4, -0.2) is 22.0 Å². The molecule has 1 aromatic heterocycles. The van der Waals surface area contributed by atoms with E-state index < -0.39 is 5.97 Å². The van der Waals surface area contributed by atoms with E-state index in [0.717, 1.165) is 27.6 Å². The summed E-state index contributed by atoms with van der Waals surface area (Å²) in [5.41, 5.74) is 1.51. The second kappa shape index (κ2) is 6.53. The number of carbonyl (C=O) groups is 2. The van der Waals surface area contributed by atoms with Crippen molar-refractivity contribution in [2.75, 3.05) is 5.32 Å². The van der Waals surface area contributed by atoms with Crippen LogP contribution in [-0.2, 0) is 10.5 Å². The van der Waals surface area contributed by atoms with Crippen molar-refractivity contribution < 1.29 is 14.7 Å². The maximum atomic E-state index is 10.9. The fourth-order valence-electron chi connectivity index (χ4n) is 1.47. The molecule has 1 heterocycles. The molecule has 0 saturated heterocycles. The molecule has 0 saturated carbocycles. The highest BCUT2D eigenvalue weighted by Gasteiger charge is 2.09. The average Bonchev–Trinajstić information content (AvgIpc) is 2.86. The standard InChI is InChI=1S/C13H12N2O3S2/c1-8(16)14-9-2-4-11(5-3-9)19-6-10-7-20-12(15-10)13(17)18/h2-5,7H,6H2,1H3,(H,14,16)(H,17,18). The monoisotopic (exact) mass is 308 g/mol. The summed E-state index contributed by atoms with van der Waals surface area (Å²) in [5, 5.41) is 13.4. The van der Waals surface area contributed by atoms with Crippen LogP contribution in [0.5, 0.6) is 0 Å². The Hall–Kier alpha value is -1.86. The number of aromatic carboxylic acids is 1. The van der Waals surface area contributed by atoms with E-state index in [-0.39, 0.29) is 10.9 Å². The predicted octanol–water partition coefficient (Wildman–Crippen LogP) is 3.09. The summed E-state index contributed by atoms with van der Waals surface area (Å²) in [5.74, 6) is -0.483. The first kappa shape index (κ1) is 14.5. The van der Waals surface area contributed by atoms with E-state index in [9.17, 15) is 9.59 Å². The molecule has 2 N–H and O–H groups in total. The number of nitrogens with zero attached hydrogens (tertiary/aromatic N) is 1. The number of hydrogen-bond donors (Lipinski definition) is 2. The van der Waals surface area contributed by atoms with Gasteiger partial charge >= 0.3 is 5.97 Å². The largest absolute Gasteiger partial charge is 0.476 e. The van der Waals surface area contributed by atoms with Crippen molar-refractivity contribution in [3.8, 4) is 0 Å². The quantitative estimate of drug-likeness (QED) is 0.830. The van der Waals surface area contributed by atoms with Crippen molar-refractivity contribution in [3.05, 3.63) is 40.3 Å². The number of carboxylic acid groups (broad SMARTS) is 1. The molecule has 0 radical (unpaired) electrons. The van der Waals surface area contributed by atoms with Crippen molar-refractivity contribution >= 4 is 40.7 Å². The van der Waals surface area contributed by atoms with Gasteiger partial charge in [0, 0.05) is 28.6 Å². The van der Waals surface area contributed by atoms with Gasteiger partial charge in [0.15, 0.2) is 0 Å². The van der Waals surface area contributed by atoms with Gasteiger partial charge in [0.1, 0.15) is 0 Å². The highest BCUT2D eigenvalue weighted by Crippen LogP contribution is 2.25. The van der Waals surface area contributed by atoms with E-state index in [1.807, 2.05) is 24.3 Å². The number of amides is 1. The lowest BCUT2D eigenvalue weighted by molar-refractivity contribution is -0.114. The second-order valence-corrected chi connectivity index (χ2v) is 5.85. The molecule has 0 aliphatic rings. The lowest BCUT2D eigenvalue weighted by Gasteiger charge is -2.03. The minimum Gasteiger partial charge on any atom is -0.476 e. The molecule has 0 aliphatic carbocycles. The van der Waals surface area contributed by atoms with Gasteiger partial charge in [0.05, 0.1) is 5.69 Å². The molecule has 0 aliphatic heterocycles. The Labute approximate surface area is 124 Å². The van der Waals surface area contributed by atoms with Gasteiger partial charge in [0.25, 0.3) is 0 Å². The van der Waals surface area contributed by atoms with Crippen molar-refractivity contribution in [1.82, 2.24) is 4.98 Å². The number of carbonyl (C=O) groups excluding carboxylic acids is 1. The fraction of sp³-hybridized carbons (Fsp3) is 0.154. The first-order valence-electron chi connectivity index (χ1n) is 5.73. The van der Waals surface area contributed by atoms with Gasteiger partial charge in [-0.1, -0.05) is 0 Å². The number of carboxylic acids is 1. The van der Waals surface area contributed by atoms with Crippen LogP contribution in [0.15, 0.2) is 34.5 Å². The molecule has 0 fully saturated rings. The number of aromatic nitrogens is 1. The zero-order valence-corrected chi connectivity index (χ0v) is 12.3. The lowest BCUT2D eigenvalue weighted by Crippen LogP contribution is -2.05. The van der Waals surface area contributed by atoms with Crippen molar-refractivity contribution in [1.29, 1.82) is 0 Å². The molecule has 1 aromatic carbocycles. The Balaban J connectivity index is 1.93. The topological polar surface area (TPSA) is 79.3 Å². The van der Waals surface area contributed by atoms with Crippen LogP contribution in [0.4, 0.5) is 5.69 Å². The average molecular weight is 308 g/mol. The van der Waals surface area contributed by atoms with Gasteiger partial charge in [0.2, 0.25) is 10.9 Å². The van der Waals surface area contributed by atoms with E-state index in [1.54, 1.807) is 17.1 Å². The van der Waals surface area contributed by atoms with Gasteiger partial charge < -0.3 is 10.4 Å².